The van der Waals surface area contributed by atoms with E-state index in [0.717, 1.165) is 11.8 Å². The second kappa shape index (κ2) is 10.3. The van der Waals surface area contributed by atoms with Crippen molar-refractivity contribution in [3.63, 3.8) is 0 Å². The van der Waals surface area contributed by atoms with Crippen molar-refractivity contribution in [3.05, 3.63) is 0 Å². The molecule has 0 aliphatic heterocycles. The minimum atomic E-state index is 0.262. The van der Waals surface area contributed by atoms with Crippen LogP contribution in [-0.4, -0.2) is 24.9 Å². The molecule has 1 amide bonds. The Kier molecular flexibility index (Phi) is 9.99. The Hall–Kier alpha value is -0.530. The largest absolute Gasteiger partial charge is 0.349 e. The molecule has 0 saturated heterocycles. The third-order valence-electron chi connectivity index (χ3n) is 3.89. The van der Waals surface area contributed by atoms with E-state index >= 15 is 0 Å². The molecular formula is C17H35NO. The van der Waals surface area contributed by atoms with E-state index in [1.807, 2.05) is 14.1 Å². The molecule has 0 spiro atoms. The minimum absolute atomic E-state index is 0.262. The summed E-state index contributed by atoms with van der Waals surface area (Å²) >= 11 is 0. The van der Waals surface area contributed by atoms with Crippen LogP contribution < -0.4 is 0 Å². The monoisotopic (exact) mass is 269 g/mol. The van der Waals surface area contributed by atoms with Gasteiger partial charge in [0.1, 0.15) is 0 Å². The summed E-state index contributed by atoms with van der Waals surface area (Å²) in [5, 5.41) is 0. The van der Waals surface area contributed by atoms with Gasteiger partial charge in [0.05, 0.1) is 0 Å². The van der Waals surface area contributed by atoms with Gasteiger partial charge in [-0.15, -0.1) is 0 Å². The molecule has 0 aromatic heterocycles. The molecule has 0 aromatic carbocycles. The van der Waals surface area contributed by atoms with Crippen LogP contribution in [-0.2, 0) is 4.79 Å². The molecule has 2 heteroatoms. The molecule has 2 atom stereocenters. The number of hydrogen-bond donors (Lipinski definition) is 0. The molecule has 0 aromatic rings. The lowest BCUT2D eigenvalue weighted by Crippen LogP contribution is -2.23. The molecule has 0 N–H and O–H groups in total. The SMILES string of the molecule is CC(C)CCC[C@@H](C)CCC[C@@H](C)CC(=O)N(C)C. The van der Waals surface area contributed by atoms with Gasteiger partial charge in [-0.3, -0.25) is 4.79 Å². The van der Waals surface area contributed by atoms with Gasteiger partial charge in [-0.1, -0.05) is 66.2 Å². The Bertz CT molecular complexity index is 235. The number of carbonyl (C=O) groups is 1. The van der Waals surface area contributed by atoms with Crippen molar-refractivity contribution in [3.8, 4) is 0 Å². The van der Waals surface area contributed by atoms with E-state index in [1.54, 1.807) is 4.90 Å². The highest BCUT2D eigenvalue weighted by atomic mass is 16.2. The Labute approximate surface area is 120 Å². The number of carbonyl (C=O) groups excluding carboxylic acids is 1. The van der Waals surface area contributed by atoms with Crippen LogP contribution in [0.2, 0.25) is 0 Å². The van der Waals surface area contributed by atoms with Gasteiger partial charge >= 0.3 is 0 Å². The third-order valence-corrected chi connectivity index (χ3v) is 3.89. The molecule has 114 valence electrons. The van der Waals surface area contributed by atoms with Crippen LogP contribution in [0.4, 0.5) is 0 Å². The average molecular weight is 269 g/mol. The fourth-order valence-corrected chi connectivity index (χ4v) is 2.42. The van der Waals surface area contributed by atoms with Gasteiger partial charge in [0.15, 0.2) is 0 Å². The van der Waals surface area contributed by atoms with Crippen LogP contribution in [0.1, 0.15) is 72.6 Å². The Morgan fingerprint density at radius 3 is 1.79 bits per heavy atom. The van der Waals surface area contributed by atoms with Gasteiger partial charge in [-0.25, -0.2) is 0 Å². The lowest BCUT2D eigenvalue weighted by Gasteiger charge is -2.16. The summed E-state index contributed by atoms with van der Waals surface area (Å²) in [5.74, 6) is 2.47. The average Bonchev–Trinajstić information content (AvgIpc) is 2.28. The third kappa shape index (κ3) is 11.0. The van der Waals surface area contributed by atoms with Crippen molar-refractivity contribution in [1.29, 1.82) is 0 Å². The zero-order chi connectivity index (χ0) is 14.8. The van der Waals surface area contributed by atoms with Crippen molar-refractivity contribution in [2.45, 2.75) is 72.6 Å². The van der Waals surface area contributed by atoms with Crippen molar-refractivity contribution >= 4 is 5.91 Å². The van der Waals surface area contributed by atoms with Gasteiger partial charge in [0.2, 0.25) is 5.91 Å². The molecular weight excluding hydrogens is 234 g/mol. The number of nitrogens with zero attached hydrogens (tertiary/aromatic N) is 1. The Morgan fingerprint density at radius 2 is 1.32 bits per heavy atom. The summed E-state index contributed by atoms with van der Waals surface area (Å²) in [6.45, 7) is 9.17. The van der Waals surface area contributed by atoms with Gasteiger partial charge in [-0.05, 0) is 17.8 Å². The van der Waals surface area contributed by atoms with E-state index in [9.17, 15) is 4.79 Å². The number of amides is 1. The summed E-state index contributed by atoms with van der Waals surface area (Å²) < 4.78 is 0. The topological polar surface area (TPSA) is 20.3 Å². The molecule has 0 aliphatic carbocycles. The highest BCUT2D eigenvalue weighted by Crippen LogP contribution is 2.20. The minimum Gasteiger partial charge on any atom is -0.349 e. The lowest BCUT2D eigenvalue weighted by atomic mass is 9.92. The highest BCUT2D eigenvalue weighted by molar-refractivity contribution is 5.75. The molecule has 0 fully saturated rings. The molecule has 0 rings (SSSR count). The summed E-state index contributed by atoms with van der Waals surface area (Å²) in [6.07, 6.45) is 8.57. The van der Waals surface area contributed by atoms with Crippen LogP contribution in [0.25, 0.3) is 0 Å². The second-order valence-corrected chi connectivity index (χ2v) is 6.96. The molecule has 0 bridgehead atoms. The maximum Gasteiger partial charge on any atom is 0.222 e. The summed E-state index contributed by atoms with van der Waals surface area (Å²) in [6, 6.07) is 0. The van der Waals surface area contributed by atoms with E-state index in [-0.39, 0.29) is 5.91 Å². The van der Waals surface area contributed by atoms with E-state index < -0.39 is 0 Å². The summed E-state index contributed by atoms with van der Waals surface area (Å²) in [7, 11) is 3.68. The fourth-order valence-electron chi connectivity index (χ4n) is 2.42. The van der Waals surface area contributed by atoms with E-state index in [1.165, 1.54) is 38.5 Å². The predicted molar refractivity (Wildman–Crippen MR) is 84.2 cm³/mol. The van der Waals surface area contributed by atoms with Crippen LogP contribution in [0.3, 0.4) is 0 Å². The van der Waals surface area contributed by atoms with Gasteiger partial charge in [0, 0.05) is 20.5 Å². The quantitative estimate of drug-likeness (QED) is 0.561. The van der Waals surface area contributed by atoms with E-state index in [0.29, 0.717) is 12.3 Å². The fraction of sp³-hybridized carbons (Fsp3) is 0.941. The first-order valence-electron chi connectivity index (χ1n) is 8.03. The zero-order valence-electron chi connectivity index (χ0n) is 14.0. The zero-order valence-corrected chi connectivity index (χ0v) is 14.0. The van der Waals surface area contributed by atoms with Crippen LogP contribution in [0, 0.1) is 17.8 Å². The predicted octanol–water partition coefficient (Wildman–Crippen LogP) is 4.73. The summed E-state index contributed by atoms with van der Waals surface area (Å²) in [5.41, 5.74) is 0. The Morgan fingerprint density at radius 1 is 0.842 bits per heavy atom. The molecule has 0 heterocycles. The Balaban J connectivity index is 3.58. The number of rotatable bonds is 10. The number of hydrogen-bond acceptors (Lipinski definition) is 1. The first-order valence-corrected chi connectivity index (χ1v) is 8.03. The molecule has 0 unspecified atom stereocenters. The standard InChI is InChI=1S/C17H35NO/c1-14(2)9-7-10-15(3)11-8-12-16(4)13-17(19)18(5)6/h14-16H,7-13H2,1-6H3/t15-,16-/m1/s1. The van der Waals surface area contributed by atoms with Crippen LogP contribution in [0.5, 0.6) is 0 Å². The van der Waals surface area contributed by atoms with Crippen LogP contribution in [0.15, 0.2) is 0 Å². The van der Waals surface area contributed by atoms with Gasteiger partial charge in [0.25, 0.3) is 0 Å². The van der Waals surface area contributed by atoms with E-state index in [4.69, 9.17) is 0 Å². The van der Waals surface area contributed by atoms with Crippen molar-refractivity contribution in [2.75, 3.05) is 14.1 Å². The first kappa shape index (κ1) is 18.5. The van der Waals surface area contributed by atoms with Crippen molar-refractivity contribution in [1.82, 2.24) is 4.90 Å². The van der Waals surface area contributed by atoms with E-state index in [2.05, 4.69) is 27.7 Å². The second-order valence-electron chi connectivity index (χ2n) is 6.96. The molecule has 0 radical (unpaired) electrons. The lowest BCUT2D eigenvalue weighted by molar-refractivity contribution is -0.129. The molecule has 2 nitrogen and oxygen atoms in total. The normalized spacial score (nSPS) is 14.5. The maximum absolute atomic E-state index is 11.6. The van der Waals surface area contributed by atoms with Gasteiger partial charge in [-0.2, -0.15) is 0 Å². The van der Waals surface area contributed by atoms with Crippen molar-refractivity contribution < 1.29 is 4.79 Å². The van der Waals surface area contributed by atoms with Gasteiger partial charge < -0.3 is 4.90 Å². The smallest absolute Gasteiger partial charge is 0.222 e. The maximum atomic E-state index is 11.6. The first-order chi connectivity index (χ1) is 8.82. The summed E-state index contributed by atoms with van der Waals surface area (Å²) in [4.78, 5) is 13.3. The van der Waals surface area contributed by atoms with Crippen LogP contribution >= 0.6 is 0 Å². The molecule has 0 aliphatic rings. The highest BCUT2D eigenvalue weighted by Gasteiger charge is 2.11. The van der Waals surface area contributed by atoms with Crippen molar-refractivity contribution in [2.24, 2.45) is 17.8 Å². The molecule has 0 saturated carbocycles. The molecule has 19 heavy (non-hydrogen) atoms.